The lowest BCUT2D eigenvalue weighted by Gasteiger charge is -2.42. The van der Waals surface area contributed by atoms with Gasteiger partial charge in [0, 0.05) is 18.6 Å². The molecule has 0 unspecified atom stereocenters. The summed E-state index contributed by atoms with van der Waals surface area (Å²) in [7, 11) is 0. The summed E-state index contributed by atoms with van der Waals surface area (Å²) < 4.78 is 12.9. The molecule has 3 fully saturated rings. The number of nitrogens with one attached hydrogen (secondary N) is 1. The molecule has 3 aliphatic heterocycles. The number of aromatic nitrogens is 1. The molecule has 1 aromatic heterocycles. The van der Waals surface area contributed by atoms with Gasteiger partial charge in [0.1, 0.15) is 11.5 Å². The molecular formula is C14H16FN3O2. The number of amides is 1. The van der Waals surface area contributed by atoms with Crippen molar-refractivity contribution < 1.29 is 14.3 Å². The molecule has 1 amide bonds. The van der Waals surface area contributed by atoms with Crippen LogP contribution in [-0.4, -0.2) is 51.7 Å². The van der Waals surface area contributed by atoms with Crippen LogP contribution in [0.25, 0.3) is 0 Å². The minimum absolute atomic E-state index is 0.0997. The Labute approximate surface area is 115 Å². The molecule has 3 aliphatic rings. The van der Waals surface area contributed by atoms with E-state index in [4.69, 9.17) is 0 Å². The van der Waals surface area contributed by atoms with E-state index in [9.17, 15) is 14.3 Å². The van der Waals surface area contributed by atoms with Crippen LogP contribution in [0.2, 0.25) is 0 Å². The normalized spacial score (nSPS) is 38.3. The van der Waals surface area contributed by atoms with Crippen LogP contribution in [0.5, 0.6) is 0 Å². The number of piperidine rings is 2. The molecule has 5 atom stereocenters. The molecule has 0 aliphatic carbocycles. The summed E-state index contributed by atoms with van der Waals surface area (Å²) in [6, 6.07) is 2.73. The van der Waals surface area contributed by atoms with Crippen LogP contribution in [0.15, 0.2) is 18.3 Å². The quantitative estimate of drug-likeness (QED) is 0.767. The standard InChI is InChI=1S/C14H16FN3O2/c15-8-1-2-9(16-5-8)14(20)18-6-7-3-10-12(18)13(19)11(4-7)17-10/h1-2,5,7,10-13,17,19H,3-4,6H2/t7-,10-,11+,12-,13+/m0/s1. The Morgan fingerprint density at radius 3 is 2.95 bits per heavy atom. The Kier molecular flexibility index (Phi) is 2.59. The predicted octanol–water partition coefficient (Wildman–Crippen LogP) is 0.156. The number of nitrogens with zero attached hydrogens (tertiary/aromatic N) is 2. The fourth-order valence-electron chi connectivity index (χ4n) is 4.00. The van der Waals surface area contributed by atoms with Crippen LogP contribution in [-0.2, 0) is 0 Å². The maximum atomic E-state index is 12.9. The molecular weight excluding hydrogens is 261 g/mol. The van der Waals surface area contributed by atoms with Crippen LogP contribution < -0.4 is 5.32 Å². The second-order valence-corrected chi connectivity index (χ2v) is 6.02. The number of aliphatic hydroxyl groups excluding tert-OH is 1. The largest absolute Gasteiger partial charge is 0.389 e. The average Bonchev–Trinajstić information content (AvgIpc) is 2.61. The number of rotatable bonds is 1. The highest BCUT2D eigenvalue weighted by Crippen LogP contribution is 2.40. The van der Waals surface area contributed by atoms with Gasteiger partial charge in [0.25, 0.3) is 5.91 Å². The van der Waals surface area contributed by atoms with Crippen molar-refractivity contribution in [2.24, 2.45) is 5.92 Å². The molecule has 106 valence electrons. The van der Waals surface area contributed by atoms with Crippen molar-refractivity contribution in [2.45, 2.75) is 37.1 Å². The number of carbonyl (C=O) groups is 1. The topological polar surface area (TPSA) is 65.5 Å². The monoisotopic (exact) mass is 277 g/mol. The van der Waals surface area contributed by atoms with Crippen molar-refractivity contribution in [1.29, 1.82) is 0 Å². The Morgan fingerprint density at radius 1 is 1.40 bits per heavy atom. The van der Waals surface area contributed by atoms with Gasteiger partial charge in [-0.05, 0) is 30.9 Å². The third kappa shape index (κ3) is 1.68. The number of pyridine rings is 1. The summed E-state index contributed by atoms with van der Waals surface area (Å²) >= 11 is 0. The van der Waals surface area contributed by atoms with Crippen molar-refractivity contribution in [2.75, 3.05) is 6.54 Å². The van der Waals surface area contributed by atoms with Crippen LogP contribution in [0.1, 0.15) is 23.3 Å². The first kappa shape index (κ1) is 12.2. The average molecular weight is 277 g/mol. The van der Waals surface area contributed by atoms with Gasteiger partial charge < -0.3 is 15.3 Å². The Hall–Kier alpha value is -1.53. The maximum Gasteiger partial charge on any atom is 0.272 e. The van der Waals surface area contributed by atoms with E-state index in [0.29, 0.717) is 12.5 Å². The molecule has 0 spiro atoms. The number of fused-ring (bicyclic) bond motifs is 2. The molecule has 1 aromatic rings. The number of hydrogen-bond donors (Lipinski definition) is 2. The van der Waals surface area contributed by atoms with Gasteiger partial charge in [-0.3, -0.25) is 4.79 Å². The zero-order chi connectivity index (χ0) is 13.9. The molecule has 20 heavy (non-hydrogen) atoms. The molecule has 0 saturated carbocycles. The van der Waals surface area contributed by atoms with E-state index in [-0.39, 0.29) is 29.7 Å². The van der Waals surface area contributed by atoms with Gasteiger partial charge in [-0.1, -0.05) is 0 Å². The molecule has 6 heteroatoms. The SMILES string of the molecule is O=C(c1ccc(F)cn1)N1C[C@H]2C[C@@H]3N[C@H](C2)[C@@H](O)[C@H]31. The Morgan fingerprint density at radius 2 is 2.20 bits per heavy atom. The van der Waals surface area contributed by atoms with Crippen LogP contribution in [0.4, 0.5) is 4.39 Å². The number of halogens is 1. The van der Waals surface area contributed by atoms with E-state index in [1.165, 1.54) is 12.1 Å². The predicted molar refractivity (Wildman–Crippen MR) is 68.5 cm³/mol. The van der Waals surface area contributed by atoms with Crippen molar-refractivity contribution in [3.8, 4) is 0 Å². The summed E-state index contributed by atoms with van der Waals surface area (Å²) in [5, 5.41) is 13.8. The van der Waals surface area contributed by atoms with E-state index in [2.05, 4.69) is 10.3 Å². The zero-order valence-corrected chi connectivity index (χ0v) is 10.9. The van der Waals surface area contributed by atoms with Gasteiger partial charge in [-0.2, -0.15) is 0 Å². The molecule has 5 nitrogen and oxygen atoms in total. The molecule has 0 aromatic carbocycles. The van der Waals surface area contributed by atoms with E-state index < -0.39 is 11.9 Å². The first-order chi connectivity index (χ1) is 9.63. The lowest BCUT2D eigenvalue weighted by Crippen LogP contribution is -2.57. The highest BCUT2D eigenvalue weighted by atomic mass is 19.1. The summed E-state index contributed by atoms with van der Waals surface area (Å²) in [6.45, 7) is 0.661. The van der Waals surface area contributed by atoms with Gasteiger partial charge in [-0.25, -0.2) is 9.37 Å². The number of likely N-dealkylation sites (tertiary alicyclic amines) is 1. The second kappa shape index (κ2) is 4.23. The van der Waals surface area contributed by atoms with Gasteiger partial charge >= 0.3 is 0 Å². The molecule has 4 heterocycles. The number of aliphatic hydroxyl groups is 1. The summed E-state index contributed by atoms with van der Waals surface area (Å²) in [6.07, 6.45) is 2.46. The first-order valence-corrected chi connectivity index (χ1v) is 7.00. The Bertz CT molecular complexity index is 546. The highest BCUT2D eigenvalue weighted by Gasteiger charge is 2.54. The van der Waals surface area contributed by atoms with Crippen LogP contribution >= 0.6 is 0 Å². The molecule has 4 rings (SSSR count). The van der Waals surface area contributed by atoms with Crippen molar-refractivity contribution in [3.05, 3.63) is 29.8 Å². The molecule has 0 radical (unpaired) electrons. The Balaban J connectivity index is 1.65. The molecule has 2 N–H and O–H groups in total. The first-order valence-electron chi connectivity index (χ1n) is 7.00. The maximum absolute atomic E-state index is 12.9. The zero-order valence-electron chi connectivity index (χ0n) is 10.9. The second-order valence-electron chi connectivity index (χ2n) is 6.02. The lowest BCUT2D eigenvalue weighted by atomic mass is 9.88. The number of carbonyl (C=O) groups excluding carboxylic acids is 1. The minimum atomic E-state index is -0.517. The smallest absolute Gasteiger partial charge is 0.272 e. The van der Waals surface area contributed by atoms with Gasteiger partial charge in [0.05, 0.1) is 18.3 Å². The van der Waals surface area contributed by atoms with Gasteiger partial charge in [0.15, 0.2) is 0 Å². The molecule has 3 bridgehead atoms. The van der Waals surface area contributed by atoms with Crippen molar-refractivity contribution in [3.63, 3.8) is 0 Å². The van der Waals surface area contributed by atoms with Gasteiger partial charge in [-0.15, -0.1) is 0 Å². The summed E-state index contributed by atoms with van der Waals surface area (Å²) in [5.74, 6) is -0.236. The van der Waals surface area contributed by atoms with Gasteiger partial charge in [0.2, 0.25) is 0 Å². The summed E-state index contributed by atoms with van der Waals surface area (Å²) in [4.78, 5) is 18.2. The summed E-state index contributed by atoms with van der Waals surface area (Å²) in [5.41, 5.74) is 0.239. The fraction of sp³-hybridized carbons (Fsp3) is 0.571. The van der Waals surface area contributed by atoms with Crippen LogP contribution in [0, 0.1) is 11.7 Å². The van der Waals surface area contributed by atoms with Crippen molar-refractivity contribution in [1.82, 2.24) is 15.2 Å². The number of hydrogen-bond acceptors (Lipinski definition) is 4. The third-order valence-electron chi connectivity index (χ3n) is 4.80. The molecule has 3 saturated heterocycles. The lowest BCUT2D eigenvalue weighted by molar-refractivity contribution is 0.0315. The minimum Gasteiger partial charge on any atom is -0.389 e. The third-order valence-corrected chi connectivity index (χ3v) is 4.80. The highest BCUT2D eigenvalue weighted by molar-refractivity contribution is 5.92. The van der Waals surface area contributed by atoms with E-state index in [1.807, 2.05) is 0 Å². The van der Waals surface area contributed by atoms with Crippen LogP contribution in [0.3, 0.4) is 0 Å². The van der Waals surface area contributed by atoms with E-state index in [1.54, 1.807) is 4.90 Å². The van der Waals surface area contributed by atoms with Crippen molar-refractivity contribution >= 4 is 5.91 Å². The van der Waals surface area contributed by atoms with E-state index >= 15 is 0 Å². The fourth-order valence-corrected chi connectivity index (χ4v) is 4.00. The van der Waals surface area contributed by atoms with E-state index in [0.717, 1.165) is 19.0 Å².